The Labute approximate surface area is 280 Å². The second-order valence-corrected chi connectivity index (χ2v) is 15.7. The van der Waals surface area contributed by atoms with E-state index in [9.17, 15) is 10.5 Å². The first-order chi connectivity index (χ1) is 23.7. The van der Waals surface area contributed by atoms with Gasteiger partial charge in [0.1, 0.15) is 6.07 Å². The molecule has 0 bridgehead atoms. The molecule has 0 radical (unpaired) electrons. The summed E-state index contributed by atoms with van der Waals surface area (Å²) in [6.45, 7) is 0. The van der Waals surface area contributed by atoms with Crippen LogP contribution < -0.4 is 20.7 Å². The van der Waals surface area contributed by atoms with Gasteiger partial charge in [0.15, 0.2) is 8.07 Å². The Morgan fingerprint density at radius 2 is 1.02 bits per heavy atom. The SMILES string of the molecule is N#Cc1ccc2c(c1)c1ccccc1n2-c1cc(-c2ccccc2[Si](c2ccccc2)(c2ccccc2)c2ccccc2)ccc1C#N. The largest absolute Gasteiger partial charge is 0.308 e. The normalized spacial score (nSPS) is 11.3. The highest BCUT2D eigenvalue weighted by molar-refractivity contribution is 7.20. The van der Waals surface area contributed by atoms with Gasteiger partial charge >= 0.3 is 0 Å². The summed E-state index contributed by atoms with van der Waals surface area (Å²) in [5.74, 6) is 0. The molecule has 0 aliphatic heterocycles. The Balaban J connectivity index is 1.45. The number of rotatable bonds is 6. The molecule has 8 aromatic rings. The van der Waals surface area contributed by atoms with Gasteiger partial charge in [-0.15, -0.1) is 0 Å². The number of nitriles is 2. The zero-order chi connectivity index (χ0) is 32.5. The molecule has 0 N–H and O–H groups in total. The van der Waals surface area contributed by atoms with Gasteiger partial charge in [0.25, 0.3) is 0 Å². The molecule has 7 aromatic carbocycles. The quantitative estimate of drug-likeness (QED) is 0.141. The van der Waals surface area contributed by atoms with Crippen molar-refractivity contribution in [2.75, 3.05) is 0 Å². The van der Waals surface area contributed by atoms with Gasteiger partial charge in [-0.3, -0.25) is 0 Å². The standard InChI is InChI=1S/C44H29N3Si/c45-30-32-24-27-42-40(28-32)39-21-10-12-22-41(39)47(42)43-29-33(25-26-34(43)31-46)38-20-11-13-23-44(38)48(35-14-4-1-5-15-35,36-16-6-2-7-17-36)37-18-8-3-9-19-37/h1-29H. The van der Waals surface area contributed by atoms with Crippen LogP contribution in [0.3, 0.4) is 0 Å². The number of fused-ring (bicyclic) bond motifs is 3. The third-order valence-electron chi connectivity index (χ3n) is 9.42. The highest BCUT2D eigenvalue weighted by atomic mass is 28.3. The second-order valence-electron chi connectivity index (χ2n) is 11.9. The van der Waals surface area contributed by atoms with E-state index in [1.54, 1.807) is 0 Å². The maximum Gasteiger partial charge on any atom is 0.180 e. The van der Waals surface area contributed by atoms with E-state index in [2.05, 4.69) is 156 Å². The third-order valence-corrected chi connectivity index (χ3v) is 14.3. The Kier molecular flexibility index (Phi) is 7.27. The van der Waals surface area contributed by atoms with Crippen molar-refractivity contribution < 1.29 is 0 Å². The second kappa shape index (κ2) is 12.0. The molecule has 0 atom stereocenters. The minimum atomic E-state index is -2.83. The minimum absolute atomic E-state index is 0.584. The van der Waals surface area contributed by atoms with Gasteiger partial charge in [-0.1, -0.05) is 140 Å². The highest BCUT2D eigenvalue weighted by Gasteiger charge is 2.42. The number of hydrogen-bond acceptors (Lipinski definition) is 2. The molecule has 1 aromatic heterocycles. The van der Waals surface area contributed by atoms with Gasteiger partial charge in [-0.2, -0.15) is 10.5 Å². The lowest BCUT2D eigenvalue weighted by Crippen LogP contribution is -2.75. The summed E-state index contributed by atoms with van der Waals surface area (Å²) in [7, 11) is -2.83. The van der Waals surface area contributed by atoms with Crippen molar-refractivity contribution in [1.82, 2.24) is 4.57 Å². The van der Waals surface area contributed by atoms with Crippen molar-refractivity contribution in [3.8, 4) is 29.0 Å². The van der Waals surface area contributed by atoms with E-state index in [4.69, 9.17) is 0 Å². The van der Waals surface area contributed by atoms with Crippen LogP contribution >= 0.6 is 0 Å². The molecular formula is C44H29N3Si. The van der Waals surface area contributed by atoms with E-state index < -0.39 is 8.07 Å². The van der Waals surface area contributed by atoms with E-state index in [1.807, 2.05) is 36.4 Å². The molecule has 0 saturated heterocycles. The molecule has 4 heteroatoms. The predicted octanol–water partition coefficient (Wildman–Crippen LogP) is 7.57. The highest BCUT2D eigenvalue weighted by Crippen LogP contribution is 2.35. The van der Waals surface area contributed by atoms with Crippen LogP contribution in [0.5, 0.6) is 0 Å². The number of nitrogens with zero attached hydrogens (tertiary/aromatic N) is 3. The number of benzene rings is 7. The van der Waals surface area contributed by atoms with Crippen molar-refractivity contribution in [1.29, 1.82) is 10.5 Å². The van der Waals surface area contributed by atoms with E-state index in [0.717, 1.165) is 38.6 Å². The van der Waals surface area contributed by atoms with Crippen molar-refractivity contribution in [2.24, 2.45) is 0 Å². The third kappa shape index (κ3) is 4.55. The van der Waals surface area contributed by atoms with E-state index in [1.165, 1.54) is 20.7 Å². The molecule has 0 fully saturated rings. The van der Waals surface area contributed by atoms with Crippen molar-refractivity contribution in [2.45, 2.75) is 0 Å². The lowest BCUT2D eigenvalue weighted by molar-refractivity contribution is 1.17. The van der Waals surface area contributed by atoms with E-state index in [0.29, 0.717) is 11.1 Å². The Morgan fingerprint density at radius 1 is 0.458 bits per heavy atom. The van der Waals surface area contributed by atoms with Crippen LogP contribution in [-0.4, -0.2) is 12.6 Å². The molecule has 224 valence electrons. The Morgan fingerprint density at radius 3 is 1.65 bits per heavy atom. The smallest absolute Gasteiger partial charge is 0.180 e. The molecule has 3 nitrogen and oxygen atoms in total. The van der Waals surface area contributed by atoms with Crippen molar-refractivity contribution in [3.05, 3.63) is 187 Å². The van der Waals surface area contributed by atoms with Crippen LogP contribution in [0.2, 0.25) is 0 Å². The van der Waals surface area contributed by atoms with Crippen molar-refractivity contribution in [3.63, 3.8) is 0 Å². The van der Waals surface area contributed by atoms with E-state index >= 15 is 0 Å². The zero-order valence-corrected chi connectivity index (χ0v) is 27.1. The molecule has 1 heterocycles. The Bertz CT molecular complexity index is 2430. The first kappa shape index (κ1) is 29.0. The lowest BCUT2D eigenvalue weighted by Gasteiger charge is -2.36. The number of hydrogen-bond donors (Lipinski definition) is 0. The van der Waals surface area contributed by atoms with Crippen LogP contribution in [0.4, 0.5) is 0 Å². The molecule has 0 unspecified atom stereocenters. The van der Waals surface area contributed by atoms with Gasteiger partial charge in [-0.05, 0) is 68.3 Å². The summed E-state index contributed by atoms with van der Waals surface area (Å²) >= 11 is 0. The fourth-order valence-corrected chi connectivity index (χ4v) is 12.4. The molecular weight excluding hydrogens is 599 g/mol. The van der Waals surface area contributed by atoms with Crippen LogP contribution in [0.25, 0.3) is 38.6 Å². The molecule has 0 aliphatic carbocycles. The van der Waals surface area contributed by atoms with Crippen LogP contribution in [0.15, 0.2) is 176 Å². The fourth-order valence-electron chi connectivity index (χ4n) is 7.37. The molecule has 0 aliphatic rings. The average Bonchev–Trinajstić information content (AvgIpc) is 3.50. The van der Waals surface area contributed by atoms with Gasteiger partial charge in [0.05, 0.1) is 33.9 Å². The number of aromatic nitrogens is 1. The molecule has 0 amide bonds. The summed E-state index contributed by atoms with van der Waals surface area (Å²) in [5.41, 5.74) is 6.13. The summed E-state index contributed by atoms with van der Waals surface area (Å²) < 4.78 is 2.17. The fraction of sp³-hybridized carbons (Fsp3) is 0. The maximum atomic E-state index is 10.4. The molecule has 0 saturated carbocycles. The van der Waals surface area contributed by atoms with Crippen LogP contribution in [0, 0.1) is 22.7 Å². The molecule has 48 heavy (non-hydrogen) atoms. The predicted molar refractivity (Wildman–Crippen MR) is 199 cm³/mol. The monoisotopic (exact) mass is 627 g/mol. The Hall–Kier alpha value is -6.46. The van der Waals surface area contributed by atoms with Crippen LogP contribution in [-0.2, 0) is 0 Å². The molecule has 0 spiro atoms. The minimum Gasteiger partial charge on any atom is -0.308 e. The first-order valence-electron chi connectivity index (χ1n) is 16.0. The number of para-hydroxylation sites is 1. The maximum absolute atomic E-state index is 10.4. The average molecular weight is 628 g/mol. The summed E-state index contributed by atoms with van der Waals surface area (Å²) in [4.78, 5) is 0. The zero-order valence-electron chi connectivity index (χ0n) is 26.1. The van der Waals surface area contributed by atoms with Gasteiger partial charge in [0, 0.05) is 10.8 Å². The topological polar surface area (TPSA) is 52.5 Å². The summed E-state index contributed by atoms with van der Waals surface area (Å²) in [6.07, 6.45) is 0. The van der Waals surface area contributed by atoms with Crippen LogP contribution in [0.1, 0.15) is 11.1 Å². The van der Waals surface area contributed by atoms with Gasteiger partial charge in [0.2, 0.25) is 0 Å². The molecule has 8 rings (SSSR count). The summed E-state index contributed by atoms with van der Waals surface area (Å²) in [5, 5.41) is 27.3. The first-order valence-corrected chi connectivity index (χ1v) is 18.0. The van der Waals surface area contributed by atoms with Crippen molar-refractivity contribution >= 4 is 50.6 Å². The van der Waals surface area contributed by atoms with E-state index in [-0.39, 0.29) is 0 Å². The van der Waals surface area contributed by atoms with Gasteiger partial charge < -0.3 is 4.57 Å². The lowest BCUT2D eigenvalue weighted by atomic mass is 10.0. The summed E-state index contributed by atoms with van der Waals surface area (Å²) in [6, 6.07) is 66.5. The van der Waals surface area contributed by atoms with Gasteiger partial charge in [-0.25, -0.2) is 0 Å².